The number of sulfonamides is 1. The van der Waals surface area contributed by atoms with Crippen LogP contribution in [-0.4, -0.2) is 38.3 Å². The second-order valence-electron chi connectivity index (χ2n) is 7.36. The molecule has 1 heterocycles. The first-order valence-electron chi connectivity index (χ1n) is 9.33. The molecule has 0 aromatic heterocycles. The molecular formula is C22H21BrN2O3S. The Hall–Kier alpha value is -2.22. The van der Waals surface area contributed by atoms with E-state index in [-0.39, 0.29) is 23.4 Å². The van der Waals surface area contributed by atoms with Crippen molar-refractivity contribution in [1.29, 1.82) is 0 Å². The lowest BCUT2D eigenvalue weighted by Gasteiger charge is -2.25. The van der Waals surface area contributed by atoms with Gasteiger partial charge in [0.25, 0.3) is 0 Å². The Balaban J connectivity index is 1.58. The van der Waals surface area contributed by atoms with Gasteiger partial charge in [0.1, 0.15) is 0 Å². The van der Waals surface area contributed by atoms with Crippen molar-refractivity contribution in [2.45, 2.75) is 24.3 Å². The number of hydrogen-bond acceptors (Lipinski definition) is 3. The van der Waals surface area contributed by atoms with Gasteiger partial charge in [-0.2, -0.15) is 4.31 Å². The smallest absolute Gasteiger partial charge is 0.243 e. The number of hydrogen-bond donors (Lipinski definition) is 0. The average Bonchev–Trinajstić information content (AvgIpc) is 3.02. The second kappa shape index (κ2) is 7.55. The number of likely N-dealkylation sites (N-methyl/N-ethyl adjacent to an activating group) is 1. The Bertz CT molecular complexity index is 1210. The number of rotatable bonds is 4. The molecule has 0 saturated heterocycles. The summed E-state index contributed by atoms with van der Waals surface area (Å²) in [6.45, 7) is 1.76. The molecule has 3 aromatic rings. The van der Waals surface area contributed by atoms with Gasteiger partial charge >= 0.3 is 0 Å². The van der Waals surface area contributed by atoms with Crippen molar-refractivity contribution >= 4 is 48.3 Å². The maximum atomic E-state index is 13.0. The molecule has 0 unspecified atom stereocenters. The van der Waals surface area contributed by atoms with E-state index in [1.807, 2.05) is 49.4 Å². The molecule has 1 aliphatic heterocycles. The third-order valence-electron chi connectivity index (χ3n) is 5.31. The highest BCUT2D eigenvalue weighted by Crippen LogP contribution is 2.34. The van der Waals surface area contributed by atoms with Crippen LogP contribution in [0.1, 0.15) is 12.5 Å². The first kappa shape index (κ1) is 20.1. The van der Waals surface area contributed by atoms with Gasteiger partial charge in [-0.05, 0) is 60.0 Å². The van der Waals surface area contributed by atoms with Crippen molar-refractivity contribution in [3.05, 3.63) is 70.7 Å². The molecule has 0 aliphatic carbocycles. The highest BCUT2D eigenvalue weighted by atomic mass is 79.9. The molecular weight excluding hydrogens is 452 g/mol. The van der Waals surface area contributed by atoms with Crippen LogP contribution >= 0.6 is 15.9 Å². The molecule has 0 saturated carbocycles. The molecule has 0 N–H and O–H groups in total. The summed E-state index contributed by atoms with van der Waals surface area (Å²) in [5, 5.41) is 1.82. The summed E-state index contributed by atoms with van der Waals surface area (Å²) in [6, 6.07) is 18.4. The van der Waals surface area contributed by atoms with E-state index in [1.54, 1.807) is 23.1 Å². The summed E-state index contributed by atoms with van der Waals surface area (Å²) in [4.78, 5) is 14.9. The first-order chi connectivity index (χ1) is 13.8. The number of amides is 1. The number of halogens is 1. The van der Waals surface area contributed by atoms with Crippen molar-refractivity contribution in [3.8, 4) is 0 Å². The van der Waals surface area contributed by atoms with E-state index >= 15 is 0 Å². The van der Waals surface area contributed by atoms with E-state index in [0.29, 0.717) is 0 Å². The van der Waals surface area contributed by atoms with E-state index in [2.05, 4.69) is 15.9 Å². The fraction of sp³-hybridized carbons (Fsp3) is 0.227. The Labute approximate surface area is 179 Å². The third-order valence-corrected chi connectivity index (χ3v) is 7.61. The van der Waals surface area contributed by atoms with Crippen molar-refractivity contribution in [1.82, 2.24) is 4.31 Å². The third kappa shape index (κ3) is 3.70. The van der Waals surface area contributed by atoms with Gasteiger partial charge in [0.15, 0.2) is 0 Å². The Morgan fingerprint density at radius 3 is 2.59 bits per heavy atom. The van der Waals surface area contributed by atoms with Crippen LogP contribution in [0.2, 0.25) is 0 Å². The van der Waals surface area contributed by atoms with E-state index < -0.39 is 10.0 Å². The minimum Gasteiger partial charge on any atom is -0.308 e. The van der Waals surface area contributed by atoms with Crippen molar-refractivity contribution in [3.63, 3.8) is 0 Å². The predicted molar refractivity (Wildman–Crippen MR) is 119 cm³/mol. The van der Waals surface area contributed by atoms with E-state index in [9.17, 15) is 13.2 Å². The van der Waals surface area contributed by atoms with E-state index in [0.717, 1.165) is 37.2 Å². The highest BCUT2D eigenvalue weighted by Gasteiger charge is 2.33. The summed E-state index contributed by atoms with van der Waals surface area (Å²) < 4.78 is 28.2. The van der Waals surface area contributed by atoms with E-state index in [1.165, 1.54) is 7.05 Å². The largest absolute Gasteiger partial charge is 0.308 e. The molecule has 0 spiro atoms. The fourth-order valence-electron chi connectivity index (χ4n) is 3.84. The first-order valence-corrected chi connectivity index (χ1v) is 11.6. The van der Waals surface area contributed by atoms with Gasteiger partial charge in [0.05, 0.1) is 11.4 Å². The fourth-order valence-corrected chi connectivity index (χ4v) is 5.40. The van der Waals surface area contributed by atoms with Crippen LogP contribution in [0.15, 0.2) is 70.0 Å². The highest BCUT2D eigenvalue weighted by molar-refractivity contribution is 9.10. The molecule has 0 bridgehead atoms. The molecule has 3 aromatic carbocycles. The lowest BCUT2D eigenvalue weighted by Crippen LogP contribution is -2.43. The summed E-state index contributed by atoms with van der Waals surface area (Å²) >= 11 is 3.46. The second-order valence-corrected chi connectivity index (χ2v) is 10.3. The normalized spacial score (nSPS) is 16.4. The quantitative estimate of drug-likeness (QED) is 0.571. The lowest BCUT2D eigenvalue weighted by atomic mass is 10.1. The molecule has 1 aliphatic rings. The topological polar surface area (TPSA) is 57.7 Å². The molecule has 4 rings (SSSR count). The monoisotopic (exact) mass is 472 g/mol. The van der Waals surface area contributed by atoms with Crippen molar-refractivity contribution in [2.75, 3.05) is 18.5 Å². The minimum atomic E-state index is -3.78. The lowest BCUT2D eigenvalue weighted by molar-refractivity contribution is -0.118. The van der Waals surface area contributed by atoms with Gasteiger partial charge in [-0.3, -0.25) is 4.79 Å². The van der Waals surface area contributed by atoms with Crippen molar-refractivity contribution < 1.29 is 13.2 Å². The number of benzene rings is 3. The number of anilines is 1. The van der Waals surface area contributed by atoms with Gasteiger partial charge in [-0.1, -0.05) is 46.3 Å². The van der Waals surface area contributed by atoms with Crippen LogP contribution < -0.4 is 4.90 Å². The van der Waals surface area contributed by atoms with Gasteiger partial charge in [0, 0.05) is 23.2 Å². The van der Waals surface area contributed by atoms with Gasteiger partial charge in [-0.15, -0.1) is 0 Å². The Kier molecular flexibility index (Phi) is 5.23. The minimum absolute atomic E-state index is 0.0106. The van der Waals surface area contributed by atoms with Crippen molar-refractivity contribution in [2.24, 2.45) is 0 Å². The molecule has 150 valence electrons. The van der Waals surface area contributed by atoms with Crippen LogP contribution in [0.25, 0.3) is 10.8 Å². The Morgan fingerprint density at radius 1 is 1.10 bits per heavy atom. The maximum absolute atomic E-state index is 13.0. The zero-order valence-corrected chi connectivity index (χ0v) is 18.6. The van der Waals surface area contributed by atoms with Crippen LogP contribution in [0.3, 0.4) is 0 Å². The zero-order valence-electron chi connectivity index (χ0n) is 16.2. The zero-order chi connectivity index (χ0) is 20.8. The summed E-state index contributed by atoms with van der Waals surface area (Å²) in [6.07, 6.45) is 0.752. The van der Waals surface area contributed by atoms with Crippen LogP contribution in [0, 0.1) is 0 Å². The molecule has 5 nitrogen and oxygen atoms in total. The number of nitrogens with zero attached hydrogens (tertiary/aromatic N) is 2. The summed E-state index contributed by atoms with van der Waals surface area (Å²) in [5.41, 5.74) is 1.93. The van der Waals surface area contributed by atoms with Crippen LogP contribution in [0.4, 0.5) is 5.69 Å². The molecule has 7 heteroatoms. The predicted octanol–water partition coefficient (Wildman–Crippen LogP) is 4.20. The number of carbonyl (C=O) groups excluding carboxylic acids is 1. The van der Waals surface area contributed by atoms with Crippen LogP contribution in [-0.2, 0) is 21.2 Å². The van der Waals surface area contributed by atoms with Crippen LogP contribution in [0.5, 0.6) is 0 Å². The van der Waals surface area contributed by atoms with E-state index in [4.69, 9.17) is 0 Å². The molecule has 1 amide bonds. The summed E-state index contributed by atoms with van der Waals surface area (Å²) in [5.74, 6) is -0.231. The Morgan fingerprint density at radius 2 is 1.83 bits per heavy atom. The van der Waals surface area contributed by atoms with Gasteiger partial charge in [-0.25, -0.2) is 8.42 Å². The standard InChI is InChI=1S/C22H21BrN2O3S/c1-15-11-18-12-19(23)8-10-21(18)25(15)22(26)14-24(2)29(27,28)20-9-7-16-5-3-4-6-17(16)13-20/h3-10,12-13,15H,11,14H2,1-2H3/t15-/m0/s1. The SMILES string of the molecule is C[C@H]1Cc2cc(Br)ccc2N1C(=O)CN(C)S(=O)(=O)c1ccc2ccccc2c1. The maximum Gasteiger partial charge on any atom is 0.243 e. The average molecular weight is 473 g/mol. The number of fused-ring (bicyclic) bond motifs is 2. The summed E-state index contributed by atoms with van der Waals surface area (Å²) in [7, 11) is -2.33. The molecule has 1 atom stereocenters. The molecule has 29 heavy (non-hydrogen) atoms. The molecule has 0 fully saturated rings. The molecule has 0 radical (unpaired) electrons. The van der Waals surface area contributed by atoms with Gasteiger partial charge in [0.2, 0.25) is 15.9 Å². The number of carbonyl (C=O) groups is 1. The van der Waals surface area contributed by atoms with Gasteiger partial charge < -0.3 is 4.90 Å².